The van der Waals surface area contributed by atoms with Crippen LogP contribution in [0.1, 0.15) is 36.2 Å². The average Bonchev–Trinajstić information content (AvgIpc) is 2.69. The van der Waals surface area contributed by atoms with Crippen LogP contribution in [0.15, 0.2) is 41.3 Å². The molecule has 0 aromatic heterocycles. The Balaban J connectivity index is 1.95. The fourth-order valence-electron chi connectivity index (χ4n) is 3.88. The number of hydrogen-bond donors (Lipinski definition) is 1. The molecule has 0 bridgehead atoms. The summed E-state index contributed by atoms with van der Waals surface area (Å²) in [5.74, 6) is -0.321. The van der Waals surface area contributed by atoms with E-state index in [1.165, 1.54) is 41.7 Å². The van der Waals surface area contributed by atoms with Crippen LogP contribution in [0.2, 0.25) is 0 Å². The standard InChI is InChI=1S/C22H27FN2O4S/c1-14-9-15(2)13-25(12-14)30(27,28)21-10-17(6-8-20(21)29-4)22(26)24-19-11-18(23)7-5-16(19)3/h5-8,10-11,14-15H,9,12-13H2,1-4H3,(H,24,26). The van der Waals surface area contributed by atoms with Crippen LogP contribution >= 0.6 is 0 Å². The average molecular weight is 435 g/mol. The molecule has 0 radical (unpaired) electrons. The van der Waals surface area contributed by atoms with E-state index < -0.39 is 21.7 Å². The number of methoxy groups -OCH3 is 1. The zero-order valence-corrected chi connectivity index (χ0v) is 18.4. The molecule has 2 atom stereocenters. The third-order valence-electron chi connectivity index (χ3n) is 5.33. The van der Waals surface area contributed by atoms with Crippen molar-refractivity contribution >= 4 is 21.6 Å². The number of anilines is 1. The maximum Gasteiger partial charge on any atom is 0.255 e. The number of aryl methyl sites for hydroxylation is 1. The van der Waals surface area contributed by atoms with Crippen molar-refractivity contribution in [3.8, 4) is 5.75 Å². The van der Waals surface area contributed by atoms with Gasteiger partial charge in [-0.05, 0) is 61.1 Å². The number of carbonyl (C=O) groups is 1. The number of amides is 1. The number of halogens is 1. The molecule has 1 saturated heterocycles. The highest BCUT2D eigenvalue weighted by Crippen LogP contribution is 2.32. The molecule has 0 saturated carbocycles. The number of hydrogen-bond acceptors (Lipinski definition) is 4. The Morgan fingerprint density at radius 1 is 1.13 bits per heavy atom. The molecule has 1 N–H and O–H groups in total. The Hall–Kier alpha value is -2.45. The summed E-state index contributed by atoms with van der Waals surface area (Å²) in [5.41, 5.74) is 1.18. The van der Waals surface area contributed by atoms with E-state index in [4.69, 9.17) is 4.74 Å². The van der Waals surface area contributed by atoms with Crippen LogP contribution in [0.5, 0.6) is 5.75 Å². The fourth-order valence-corrected chi connectivity index (χ4v) is 5.75. The second-order valence-electron chi connectivity index (χ2n) is 8.05. The summed E-state index contributed by atoms with van der Waals surface area (Å²) in [6, 6.07) is 8.38. The fraction of sp³-hybridized carbons (Fsp3) is 0.409. The van der Waals surface area contributed by atoms with Crippen LogP contribution in [-0.4, -0.2) is 38.8 Å². The second-order valence-corrected chi connectivity index (χ2v) is 9.95. The van der Waals surface area contributed by atoms with Gasteiger partial charge in [0.2, 0.25) is 10.0 Å². The normalized spacial score (nSPS) is 20.0. The minimum atomic E-state index is -3.85. The van der Waals surface area contributed by atoms with Crippen molar-refractivity contribution in [2.24, 2.45) is 11.8 Å². The van der Waals surface area contributed by atoms with Crippen molar-refractivity contribution in [1.29, 1.82) is 0 Å². The molecule has 0 spiro atoms. The molecule has 30 heavy (non-hydrogen) atoms. The molecule has 1 aliphatic rings. The third-order valence-corrected chi connectivity index (χ3v) is 7.18. The van der Waals surface area contributed by atoms with E-state index in [1.54, 1.807) is 13.0 Å². The van der Waals surface area contributed by atoms with Gasteiger partial charge < -0.3 is 10.1 Å². The number of rotatable bonds is 5. The first-order valence-electron chi connectivity index (χ1n) is 9.87. The Bertz CT molecular complexity index is 1050. The monoisotopic (exact) mass is 434 g/mol. The third kappa shape index (κ3) is 4.65. The Kier molecular flexibility index (Phi) is 6.47. The minimum Gasteiger partial charge on any atom is -0.495 e. The molecular formula is C22H27FN2O4S. The molecule has 1 heterocycles. The van der Waals surface area contributed by atoms with Crippen LogP contribution in [0.3, 0.4) is 0 Å². The molecule has 8 heteroatoms. The van der Waals surface area contributed by atoms with Crippen LogP contribution in [0.4, 0.5) is 10.1 Å². The highest BCUT2D eigenvalue weighted by molar-refractivity contribution is 7.89. The maximum atomic E-state index is 13.5. The van der Waals surface area contributed by atoms with Crippen LogP contribution in [-0.2, 0) is 10.0 Å². The smallest absolute Gasteiger partial charge is 0.255 e. The number of ether oxygens (including phenoxy) is 1. The topological polar surface area (TPSA) is 75.7 Å². The quantitative estimate of drug-likeness (QED) is 0.770. The van der Waals surface area contributed by atoms with E-state index in [1.807, 2.05) is 13.8 Å². The summed E-state index contributed by atoms with van der Waals surface area (Å²) < 4.78 is 47.0. The van der Waals surface area contributed by atoms with Gasteiger partial charge in [0.15, 0.2) is 0 Å². The van der Waals surface area contributed by atoms with Crippen LogP contribution < -0.4 is 10.1 Å². The van der Waals surface area contributed by atoms with E-state index in [9.17, 15) is 17.6 Å². The van der Waals surface area contributed by atoms with Crippen LogP contribution in [0.25, 0.3) is 0 Å². The lowest BCUT2D eigenvalue weighted by molar-refractivity contribution is 0.102. The zero-order valence-electron chi connectivity index (χ0n) is 17.6. The van der Waals surface area contributed by atoms with Gasteiger partial charge in [-0.25, -0.2) is 12.8 Å². The first-order valence-corrected chi connectivity index (χ1v) is 11.3. The van der Waals surface area contributed by atoms with Gasteiger partial charge in [0.1, 0.15) is 16.5 Å². The van der Waals surface area contributed by atoms with E-state index in [0.717, 1.165) is 6.42 Å². The van der Waals surface area contributed by atoms with E-state index >= 15 is 0 Å². The minimum absolute atomic E-state index is 0.0464. The Morgan fingerprint density at radius 2 is 1.80 bits per heavy atom. The Labute approximate surface area is 177 Å². The van der Waals surface area contributed by atoms with Gasteiger partial charge in [-0.1, -0.05) is 19.9 Å². The molecule has 1 fully saturated rings. The van der Waals surface area contributed by atoms with Crippen molar-refractivity contribution in [2.45, 2.75) is 32.1 Å². The van der Waals surface area contributed by atoms with Crippen molar-refractivity contribution in [1.82, 2.24) is 4.31 Å². The lowest BCUT2D eigenvalue weighted by Crippen LogP contribution is -2.42. The van der Waals surface area contributed by atoms with Gasteiger partial charge in [-0.2, -0.15) is 4.31 Å². The summed E-state index contributed by atoms with van der Waals surface area (Å²) in [6.45, 7) is 6.66. The molecule has 6 nitrogen and oxygen atoms in total. The highest BCUT2D eigenvalue weighted by atomic mass is 32.2. The van der Waals surface area contributed by atoms with Gasteiger partial charge >= 0.3 is 0 Å². The van der Waals surface area contributed by atoms with E-state index in [2.05, 4.69) is 5.32 Å². The predicted octanol–water partition coefficient (Wildman–Crippen LogP) is 4.06. The first kappa shape index (κ1) is 22.2. The van der Waals surface area contributed by atoms with Gasteiger partial charge in [0, 0.05) is 24.3 Å². The van der Waals surface area contributed by atoms with Crippen LogP contribution in [0, 0.1) is 24.6 Å². The lowest BCUT2D eigenvalue weighted by atomic mass is 9.94. The molecule has 3 rings (SSSR count). The lowest BCUT2D eigenvalue weighted by Gasteiger charge is -2.34. The van der Waals surface area contributed by atoms with Gasteiger partial charge in [-0.3, -0.25) is 4.79 Å². The van der Waals surface area contributed by atoms with E-state index in [-0.39, 0.29) is 28.0 Å². The molecule has 2 unspecified atom stereocenters. The molecular weight excluding hydrogens is 407 g/mol. The number of piperidine rings is 1. The maximum absolute atomic E-state index is 13.5. The molecule has 1 aliphatic heterocycles. The number of nitrogens with zero attached hydrogens (tertiary/aromatic N) is 1. The number of sulfonamides is 1. The largest absolute Gasteiger partial charge is 0.495 e. The summed E-state index contributed by atoms with van der Waals surface area (Å²) in [6.07, 6.45) is 0.971. The second kappa shape index (κ2) is 8.73. The summed E-state index contributed by atoms with van der Waals surface area (Å²) in [5, 5.41) is 2.65. The molecule has 0 aliphatic carbocycles. The van der Waals surface area contributed by atoms with Gasteiger partial charge in [0.25, 0.3) is 5.91 Å². The molecule has 1 amide bonds. The van der Waals surface area contributed by atoms with Crippen molar-refractivity contribution < 1.29 is 22.3 Å². The van der Waals surface area contributed by atoms with E-state index in [0.29, 0.717) is 24.3 Å². The SMILES string of the molecule is COc1ccc(C(=O)Nc2cc(F)ccc2C)cc1S(=O)(=O)N1CC(C)CC(C)C1. The summed E-state index contributed by atoms with van der Waals surface area (Å²) in [4.78, 5) is 12.7. The highest BCUT2D eigenvalue weighted by Gasteiger charge is 2.34. The first-order chi connectivity index (χ1) is 14.1. The van der Waals surface area contributed by atoms with Gasteiger partial charge in [-0.15, -0.1) is 0 Å². The number of benzene rings is 2. The molecule has 2 aromatic carbocycles. The Morgan fingerprint density at radius 3 is 2.43 bits per heavy atom. The molecule has 2 aromatic rings. The van der Waals surface area contributed by atoms with Crippen molar-refractivity contribution in [3.05, 3.63) is 53.3 Å². The number of carbonyl (C=O) groups excluding carboxylic acids is 1. The van der Waals surface area contributed by atoms with Gasteiger partial charge in [0.05, 0.1) is 7.11 Å². The molecule has 162 valence electrons. The summed E-state index contributed by atoms with van der Waals surface area (Å²) >= 11 is 0. The zero-order chi connectivity index (χ0) is 22.1. The van der Waals surface area contributed by atoms with Crippen molar-refractivity contribution in [3.63, 3.8) is 0 Å². The summed E-state index contributed by atoms with van der Waals surface area (Å²) in [7, 11) is -2.45. The predicted molar refractivity (Wildman–Crippen MR) is 114 cm³/mol. The number of nitrogens with one attached hydrogen (secondary N) is 1. The van der Waals surface area contributed by atoms with Crippen molar-refractivity contribution in [2.75, 3.05) is 25.5 Å².